The van der Waals surface area contributed by atoms with Crippen LogP contribution in [0, 0.1) is 17.1 Å². The van der Waals surface area contributed by atoms with Crippen LogP contribution in [0.2, 0.25) is 0 Å². The Kier molecular flexibility index (Phi) is 3.96. The van der Waals surface area contributed by atoms with Gasteiger partial charge in [0.1, 0.15) is 11.9 Å². The number of nitrogens with zero attached hydrogens (tertiary/aromatic N) is 1. The van der Waals surface area contributed by atoms with Crippen molar-refractivity contribution in [3.63, 3.8) is 0 Å². The predicted molar refractivity (Wildman–Crippen MR) is 72.6 cm³/mol. The molecule has 0 saturated heterocycles. The standard InChI is InChI=1S/C14H10BrFN2/c15-12-3-1-2-10(6-12)9-18-13-5-4-11(8-17)14(16)7-13/h1-7,18H,9H2. The number of hydrogen-bond acceptors (Lipinski definition) is 2. The van der Waals surface area contributed by atoms with E-state index in [4.69, 9.17) is 5.26 Å². The van der Waals surface area contributed by atoms with Crippen LogP contribution >= 0.6 is 15.9 Å². The summed E-state index contributed by atoms with van der Waals surface area (Å²) in [5, 5.41) is 11.7. The topological polar surface area (TPSA) is 35.8 Å². The van der Waals surface area contributed by atoms with Crippen molar-refractivity contribution < 1.29 is 4.39 Å². The summed E-state index contributed by atoms with van der Waals surface area (Å²) in [6.07, 6.45) is 0. The summed E-state index contributed by atoms with van der Waals surface area (Å²) >= 11 is 3.40. The second-order valence-electron chi connectivity index (χ2n) is 3.79. The maximum absolute atomic E-state index is 13.4. The maximum Gasteiger partial charge on any atom is 0.143 e. The van der Waals surface area contributed by atoms with Gasteiger partial charge in [0.05, 0.1) is 5.56 Å². The third-order valence-corrected chi connectivity index (χ3v) is 2.97. The van der Waals surface area contributed by atoms with Crippen LogP contribution in [0.15, 0.2) is 46.9 Å². The summed E-state index contributed by atoms with van der Waals surface area (Å²) in [5.74, 6) is -0.503. The Morgan fingerprint density at radius 3 is 2.72 bits per heavy atom. The van der Waals surface area contributed by atoms with Crippen molar-refractivity contribution in [1.82, 2.24) is 0 Å². The van der Waals surface area contributed by atoms with Crippen LogP contribution in [-0.2, 0) is 6.54 Å². The molecule has 0 radical (unpaired) electrons. The van der Waals surface area contributed by atoms with Gasteiger partial charge in [-0.15, -0.1) is 0 Å². The van der Waals surface area contributed by atoms with E-state index in [1.807, 2.05) is 24.3 Å². The van der Waals surface area contributed by atoms with Gasteiger partial charge in [-0.1, -0.05) is 28.1 Å². The van der Waals surface area contributed by atoms with Crippen molar-refractivity contribution in [2.24, 2.45) is 0 Å². The number of benzene rings is 2. The summed E-state index contributed by atoms with van der Waals surface area (Å²) in [6.45, 7) is 0.602. The maximum atomic E-state index is 13.4. The molecule has 18 heavy (non-hydrogen) atoms. The first kappa shape index (κ1) is 12.6. The third kappa shape index (κ3) is 3.08. The first-order valence-corrected chi connectivity index (χ1v) is 6.16. The van der Waals surface area contributed by atoms with Gasteiger partial charge in [0.25, 0.3) is 0 Å². The first-order valence-electron chi connectivity index (χ1n) is 5.37. The van der Waals surface area contributed by atoms with Crippen molar-refractivity contribution in [2.75, 3.05) is 5.32 Å². The fraction of sp³-hybridized carbons (Fsp3) is 0.0714. The molecule has 0 aromatic heterocycles. The minimum atomic E-state index is -0.503. The Morgan fingerprint density at radius 2 is 2.06 bits per heavy atom. The van der Waals surface area contributed by atoms with Crippen molar-refractivity contribution in [3.05, 3.63) is 63.9 Å². The zero-order chi connectivity index (χ0) is 13.0. The molecule has 0 spiro atoms. The molecule has 0 atom stereocenters. The van der Waals surface area contributed by atoms with Crippen LogP contribution in [0.3, 0.4) is 0 Å². The third-order valence-electron chi connectivity index (χ3n) is 2.48. The molecule has 0 bridgehead atoms. The van der Waals surface area contributed by atoms with E-state index in [0.717, 1.165) is 10.0 Å². The summed E-state index contributed by atoms with van der Waals surface area (Å²) in [4.78, 5) is 0. The number of hydrogen-bond donors (Lipinski definition) is 1. The van der Waals surface area contributed by atoms with Gasteiger partial charge in [0, 0.05) is 16.7 Å². The molecular formula is C14H10BrFN2. The normalized spacial score (nSPS) is 9.83. The highest BCUT2D eigenvalue weighted by Gasteiger charge is 2.02. The minimum absolute atomic E-state index is 0.0583. The number of anilines is 1. The van der Waals surface area contributed by atoms with E-state index in [-0.39, 0.29) is 5.56 Å². The fourth-order valence-corrected chi connectivity index (χ4v) is 2.01. The highest BCUT2D eigenvalue weighted by atomic mass is 79.9. The summed E-state index contributed by atoms with van der Waals surface area (Å²) in [7, 11) is 0. The van der Waals surface area contributed by atoms with Crippen molar-refractivity contribution >= 4 is 21.6 Å². The van der Waals surface area contributed by atoms with E-state index in [9.17, 15) is 4.39 Å². The highest BCUT2D eigenvalue weighted by Crippen LogP contribution is 2.16. The lowest BCUT2D eigenvalue weighted by atomic mass is 10.2. The lowest BCUT2D eigenvalue weighted by molar-refractivity contribution is 0.624. The number of halogens is 2. The van der Waals surface area contributed by atoms with Gasteiger partial charge in [0.15, 0.2) is 0 Å². The molecule has 2 aromatic rings. The summed E-state index contributed by atoms with van der Waals surface area (Å²) in [5.41, 5.74) is 1.81. The van der Waals surface area contributed by atoms with E-state index in [2.05, 4.69) is 21.2 Å². The van der Waals surface area contributed by atoms with Crippen molar-refractivity contribution in [3.8, 4) is 6.07 Å². The van der Waals surface area contributed by atoms with E-state index in [0.29, 0.717) is 12.2 Å². The van der Waals surface area contributed by atoms with Crippen LogP contribution in [-0.4, -0.2) is 0 Å². The molecule has 0 aliphatic carbocycles. The van der Waals surface area contributed by atoms with Crippen LogP contribution < -0.4 is 5.32 Å². The zero-order valence-corrected chi connectivity index (χ0v) is 11.0. The zero-order valence-electron chi connectivity index (χ0n) is 9.45. The van der Waals surface area contributed by atoms with E-state index in [1.54, 1.807) is 12.1 Å². The van der Waals surface area contributed by atoms with Crippen LogP contribution in [0.5, 0.6) is 0 Å². The van der Waals surface area contributed by atoms with Crippen LogP contribution in [0.25, 0.3) is 0 Å². The summed E-state index contributed by atoms with van der Waals surface area (Å²) < 4.78 is 14.4. The molecule has 1 N–H and O–H groups in total. The lowest BCUT2D eigenvalue weighted by Gasteiger charge is -2.07. The average molecular weight is 305 g/mol. The number of nitrogens with one attached hydrogen (secondary N) is 1. The molecule has 0 aliphatic rings. The van der Waals surface area contributed by atoms with Crippen molar-refractivity contribution in [2.45, 2.75) is 6.54 Å². The van der Waals surface area contributed by atoms with Gasteiger partial charge in [-0.05, 0) is 35.9 Å². The van der Waals surface area contributed by atoms with Crippen LogP contribution in [0.1, 0.15) is 11.1 Å². The fourth-order valence-electron chi connectivity index (χ4n) is 1.57. The SMILES string of the molecule is N#Cc1ccc(NCc2cccc(Br)c2)cc1F. The Bertz CT molecular complexity index is 605. The summed E-state index contributed by atoms with van der Waals surface area (Å²) in [6, 6.07) is 14.2. The Balaban J connectivity index is 2.07. The quantitative estimate of drug-likeness (QED) is 0.927. The molecule has 2 rings (SSSR count). The largest absolute Gasteiger partial charge is 0.381 e. The average Bonchev–Trinajstić information content (AvgIpc) is 2.37. The lowest BCUT2D eigenvalue weighted by Crippen LogP contribution is -2.00. The molecule has 0 fully saturated rings. The van der Waals surface area contributed by atoms with Gasteiger partial charge in [-0.25, -0.2) is 4.39 Å². The van der Waals surface area contributed by atoms with E-state index < -0.39 is 5.82 Å². The van der Waals surface area contributed by atoms with Gasteiger partial charge in [-0.3, -0.25) is 0 Å². The minimum Gasteiger partial charge on any atom is -0.381 e. The Labute approximate surface area is 113 Å². The molecule has 0 amide bonds. The van der Waals surface area contributed by atoms with Gasteiger partial charge < -0.3 is 5.32 Å². The molecule has 90 valence electrons. The second-order valence-corrected chi connectivity index (χ2v) is 4.71. The second kappa shape index (κ2) is 5.65. The first-order chi connectivity index (χ1) is 8.69. The number of rotatable bonds is 3. The molecule has 0 aliphatic heterocycles. The number of nitriles is 1. The monoisotopic (exact) mass is 304 g/mol. The Hall–Kier alpha value is -1.86. The smallest absolute Gasteiger partial charge is 0.143 e. The molecule has 4 heteroatoms. The highest BCUT2D eigenvalue weighted by molar-refractivity contribution is 9.10. The van der Waals surface area contributed by atoms with Gasteiger partial charge in [0.2, 0.25) is 0 Å². The predicted octanol–water partition coefficient (Wildman–Crippen LogP) is 4.07. The molecule has 2 aromatic carbocycles. The molecule has 0 unspecified atom stereocenters. The van der Waals surface area contributed by atoms with Gasteiger partial charge >= 0.3 is 0 Å². The van der Waals surface area contributed by atoms with E-state index >= 15 is 0 Å². The molecule has 0 saturated carbocycles. The van der Waals surface area contributed by atoms with Crippen molar-refractivity contribution in [1.29, 1.82) is 5.26 Å². The Morgan fingerprint density at radius 1 is 1.22 bits per heavy atom. The van der Waals surface area contributed by atoms with E-state index in [1.165, 1.54) is 12.1 Å². The van der Waals surface area contributed by atoms with Gasteiger partial charge in [-0.2, -0.15) is 5.26 Å². The molecular weight excluding hydrogens is 295 g/mol. The molecule has 0 heterocycles. The van der Waals surface area contributed by atoms with Crippen LogP contribution in [0.4, 0.5) is 10.1 Å². The molecule has 2 nitrogen and oxygen atoms in total.